The molecule has 3 heterocycles. The van der Waals surface area contributed by atoms with Gasteiger partial charge in [0, 0.05) is 24.8 Å². The topological polar surface area (TPSA) is 70.3 Å². The number of rotatable bonds is 5. The minimum absolute atomic E-state index is 0.128. The van der Waals surface area contributed by atoms with Crippen LogP contribution in [0.4, 0.5) is 8.78 Å². The van der Waals surface area contributed by atoms with Crippen LogP contribution >= 0.6 is 0 Å². The van der Waals surface area contributed by atoms with Crippen molar-refractivity contribution in [1.29, 1.82) is 0 Å². The zero-order valence-electron chi connectivity index (χ0n) is 11.0. The first-order valence-corrected chi connectivity index (χ1v) is 6.51. The smallest absolute Gasteiger partial charge is 0.272 e. The van der Waals surface area contributed by atoms with Crippen LogP contribution in [0, 0.1) is 0 Å². The predicted octanol–water partition coefficient (Wildman–Crippen LogP) is 2.28. The molecule has 8 heteroatoms. The maximum Gasteiger partial charge on any atom is 0.272 e. The number of hydrogen-bond acceptors (Lipinski definition) is 6. The van der Waals surface area contributed by atoms with Crippen LogP contribution in [-0.4, -0.2) is 41.4 Å². The van der Waals surface area contributed by atoms with Gasteiger partial charge < -0.3 is 14.0 Å². The van der Waals surface area contributed by atoms with E-state index in [1.54, 1.807) is 6.07 Å². The Bertz CT molecular complexity index is 583. The summed E-state index contributed by atoms with van der Waals surface area (Å²) in [5.74, 6) is 1.23. The van der Waals surface area contributed by atoms with Crippen LogP contribution in [-0.2, 0) is 4.74 Å². The van der Waals surface area contributed by atoms with Crippen molar-refractivity contribution >= 4 is 0 Å². The summed E-state index contributed by atoms with van der Waals surface area (Å²) in [6.07, 6.45) is -0.209. The average molecular weight is 297 g/mol. The van der Waals surface area contributed by atoms with Gasteiger partial charge in [0.2, 0.25) is 5.88 Å². The quantitative estimate of drug-likeness (QED) is 0.843. The number of hydrogen-bond donors (Lipinski definition) is 0. The van der Waals surface area contributed by atoms with Crippen molar-refractivity contribution < 1.29 is 22.8 Å². The zero-order valence-corrected chi connectivity index (χ0v) is 11.0. The molecule has 0 radical (unpaired) electrons. The van der Waals surface area contributed by atoms with Crippen LogP contribution in [0.5, 0.6) is 5.88 Å². The molecule has 1 atom stereocenters. The van der Waals surface area contributed by atoms with Crippen molar-refractivity contribution in [2.45, 2.75) is 18.8 Å². The Morgan fingerprint density at radius 2 is 2.29 bits per heavy atom. The van der Waals surface area contributed by atoms with Gasteiger partial charge in [0.05, 0.1) is 12.2 Å². The zero-order chi connectivity index (χ0) is 14.7. The van der Waals surface area contributed by atoms with Crippen molar-refractivity contribution in [3.8, 4) is 17.3 Å². The van der Waals surface area contributed by atoms with Gasteiger partial charge >= 0.3 is 0 Å². The van der Waals surface area contributed by atoms with E-state index in [0.29, 0.717) is 30.5 Å². The van der Waals surface area contributed by atoms with E-state index in [-0.39, 0.29) is 11.8 Å². The largest absolute Gasteiger partial charge is 0.472 e. The van der Waals surface area contributed by atoms with Gasteiger partial charge in [-0.15, -0.1) is 0 Å². The lowest BCUT2D eigenvalue weighted by Gasteiger charge is -2.03. The molecule has 1 fully saturated rings. The molecule has 0 amide bonds. The van der Waals surface area contributed by atoms with E-state index in [1.165, 1.54) is 12.3 Å². The minimum atomic E-state index is -2.53. The molecule has 0 bridgehead atoms. The highest BCUT2D eigenvalue weighted by atomic mass is 19.3. The molecule has 0 N–H and O–H groups in total. The Kier molecular flexibility index (Phi) is 4.05. The molecule has 0 aromatic carbocycles. The van der Waals surface area contributed by atoms with Crippen LogP contribution in [0.3, 0.4) is 0 Å². The molecule has 3 rings (SSSR count). The Labute approximate surface area is 119 Å². The second kappa shape index (κ2) is 6.13. The molecule has 112 valence electrons. The molecule has 1 aliphatic heterocycles. The van der Waals surface area contributed by atoms with Gasteiger partial charge in [0.25, 0.3) is 12.3 Å². The molecule has 0 spiro atoms. The van der Waals surface area contributed by atoms with E-state index in [0.717, 1.165) is 6.42 Å². The van der Waals surface area contributed by atoms with Crippen molar-refractivity contribution in [3.63, 3.8) is 0 Å². The summed E-state index contributed by atoms with van der Waals surface area (Å²) in [6, 6.07) is 3.12. The molecular formula is C13H13F2N3O3. The summed E-state index contributed by atoms with van der Waals surface area (Å²) in [4.78, 5) is 8.23. The SMILES string of the molecule is FC(F)COc1ccc(-c2nc(C3CCOC3)no2)cn1. The minimum Gasteiger partial charge on any atom is -0.472 e. The molecule has 0 saturated carbocycles. The van der Waals surface area contributed by atoms with Crippen LogP contribution in [0.15, 0.2) is 22.9 Å². The predicted molar refractivity (Wildman–Crippen MR) is 67.2 cm³/mol. The fourth-order valence-corrected chi connectivity index (χ4v) is 2.00. The third-order valence-electron chi connectivity index (χ3n) is 3.08. The number of alkyl halides is 2. The Balaban J connectivity index is 1.69. The maximum atomic E-state index is 12.0. The standard InChI is InChI=1S/C13H13F2N3O3/c14-10(15)7-20-11-2-1-8(5-16-11)13-17-12(18-21-13)9-3-4-19-6-9/h1-2,5,9-10H,3-4,6-7H2. The number of ether oxygens (including phenoxy) is 2. The molecule has 21 heavy (non-hydrogen) atoms. The molecule has 2 aromatic rings. The summed E-state index contributed by atoms with van der Waals surface area (Å²) in [5, 5.41) is 3.93. The van der Waals surface area contributed by atoms with Crippen LogP contribution < -0.4 is 4.74 Å². The number of pyridine rings is 1. The van der Waals surface area contributed by atoms with Gasteiger partial charge in [-0.3, -0.25) is 0 Å². The highest BCUT2D eigenvalue weighted by Gasteiger charge is 2.23. The van der Waals surface area contributed by atoms with E-state index in [1.807, 2.05) is 0 Å². The van der Waals surface area contributed by atoms with Gasteiger partial charge in [0.15, 0.2) is 12.4 Å². The normalized spacial score (nSPS) is 18.3. The fraction of sp³-hybridized carbons (Fsp3) is 0.462. The highest BCUT2D eigenvalue weighted by Crippen LogP contribution is 2.25. The number of halogens is 2. The van der Waals surface area contributed by atoms with E-state index in [4.69, 9.17) is 14.0 Å². The van der Waals surface area contributed by atoms with Crippen molar-refractivity contribution in [2.75, 3.05) is 19.8 Å². The van der Waals surface area contributed by atoms with Crippen LogP contribution in [0.2, 0.25) is 0 Å². The third-order valence-corrected chi connectivity index (χ3v) is 3.08. The Hall–Kier alpha value is -2.09. The third kappa shape index (κ3) is 3.33. The van der Waals surface area contributed by atoms with Gasteiger partial charge in [-0.05, 0) is 12.5 Å². The summed E-state index contributed by atoms with van der Waals surface area (Å²) in [5.41, 5.74) is 0.608. The molecule has 1 aliphatic rings. The van der Waals surface area contributed by atoms with Gasteiger partial charge in [-0.25, -0.2) is 13.8 Å². The molecule has 6 nitrogen and oxygen atoms in total. The molecular weight excluding hydrogens is 284 g/mol. The second-order valence-electron chi connectivity index (χ2n) is 4.61. The fourth-order valence-electron chi connectivity index (χ4n) is 2.00. The van der Waals surface area contributed by atoms with E-state index < -0.39 is 13.0 Å². The van der Waals surface area contributed by atoms with Crippen molar-refractivity contribution in [1.82, 2.24) is 15.1 Å². The first-order valence-electron chi connectivity index (χ1n) is 6.51. The Morgan fingerprint density at radius 1 is 1.38 bits per heavy atom. The van der Waals surface area contributed by atoms with Gasteiger partial charge in [-0.2, -0.15) is 4.98 Å². The number of nitrogens with zero attached hydrogens (tertiary/aromatic N) is 3. The second-order valence-corrected chi connectivity index (χ2v) is 4.61. The lowest BCUT2D eigenvalue weighted by atomic mass is 10.1. The average Bonchev–Trinajstić information content (AvgIpc) is 3.16. The first kappa shape index (κ1) is 13.9. The summed E-state index contributed by atoms with van der Waals surface area (Å²) in [6.45, 7) is 0.614. The molecule has 1 saturated heterocycles. The lowest BCUT2D eigenvalue weighted by molar-refractivity contribution is 0.0796. The van der Waals surface area contributed by atoms with Crippen LogP contribution in [0.25, 0.3) is 11.5 Å². The van der Waals surface area contributed by atoms with Crippen LogP contribution in [0.1, 0.15) is 18.2 Å². The van der Waals surface area contributed by atoms with E-state index in [9.17, 15) is 8.78 Å². The molecule has 1 unspecified atom stereocenters. The summed E-state index contributed by atoms with van der Waals surface area (Å²) >= 11 is 0. The summed E-state index contributed by atoms with van der Waals surface area (Å²) in [7, 11) is 0. The number of aromatic nitrogens is 3. The molecule has 0 aliphatic carbocycles. The lowest BCUT2D eigenvalue weighted by Crippen LogP contribution is -2.07. The van der Waals surface area contributed by atoms with E-state index >= 15 is 0 Å². The summed E-state index contributed by atoms with van der Waals surface area (Å²) < 4.78 is 39.3. The van der Waals surface area contributed by atoms with Gasteiger partial charge in [-0.1, -0.05) is 5.16 Å². The Morgan fingerprint density at radius 3 is 2.95 bits per heavy atom. The maximum absolute atomic E-state index is 12.0. The van der Waals surface area contributed by atoms with Crippen molar-refractivity contribution in [2.24, 2.45) is 0 Å². The highest BCUT2D eigenvalue weighted by molar-refractivity contribution is 5.51. The first-order chi connectivity index (χ1) is 10.2. The van der Waals surface area contributed by atoms with E-state index in [2.05, 4.69) is 15.1 Å². The monoisotopic (exact) mass is 297 g/mol. The van der Waals surface area contributed by atoms with Crippen molar-refractivity contribution in [3.05, 3.63) is 24.2 Å². The van der Waals surface area contributed by atoms with Gasteiger partial charge in [0.1, 0.15) is 0 Å². The molecule has 2 aromatic heterocycles.